The molecule has 1 heterocycles. The van der Waals surface area contributed by atoms with E-state index in [4.69, 9.17) is 0 Å². The third-order valence-corrected chi connectivity index (χ3v) is 1.88. The van der Waals surface area contributed by atoms with Crippen LogP contribution in [0.4, 0.5) is 8.78 Å². The molecule has 0 aliphatic heterocycles. The second-order valence-electron chi connectivity index (χ2n) is 1.93. The normalized spacial score (nSPS) is 10.5. The van der Waals surface area contributed by atoms with Crippen molar-refractivity contribution in [1.82, 2.24) is 4.98 Å². The number of nitrogens with zero attached hydrogens (tertiary/aromatic N) is 1. The molecular weight excluding hydrogens is 168 g/mol. The summed E-state index contributed by atoms with van der Waals surface area (Å²) in [6, 6.07) is 2.98. The van der Waals surface area contributed by atoms with Gasteiger partial charge in [-0.2, -0.15) is 0 Å². The summed E-state index contributed by atoms with van der Waals surface area (Å²) in [7, 11) is 0. The van der Waals surface area contributed by atoms with Gasteiger partial charge >= 0.3 is 0 Å². The second-order valence-corrected chi connectivity index (χ2v) is 2.76. The summed E-state index contributed by atoms with van der Waals surface area (Å²) in [6.07, 6.45) is 0.638. The molecule has 0 radical (unpaired) electrons. The van der Waals surface area contributed by atoms with Crippen LogP contribution in [0.1, 0.15) is 12.0 Å². The van der Waals surface area contributed by atoms with Gasteiger partial charge in [-0.3, -0.25) is 0 Å². The van der Waals surface area contributed by atoms with Gasteiger partial charge in [-0.15, -0.1) is 11.8 Å². The van der Waals surface area contributed by atoms with Crippen molar-refractivity contribution in [1.29, 1.82) is 0 Å². The molecule has 0 atom stereocenters. The van der Waals surface area contributed by atoms with Gasteiger partial charge in [-0.05, 0) is 18.4 Å². The molecule has 0 fully saturated rings. The van der Waals surface area contributed by atoms with Crippen LogP contribution >= 0.6 is 11.8 Å². The minimum atomic E-state index is -2.42. The topological polar surface area (TPSA) is 12.9 Å². The molecule has 0 aliphatic rings. The van der Waals surface area contributed by atoms with E-state index in [1.54, 1.807) is 6.07 Å². The second kappa shape index (κ2) is 3.67. The Morgan fingerprint density at radius 3 is 2.55 bits per heavy atom. The zero-order valence-corrected chi connectivity index (χ0v) is 6.74. The molecule has 11 heavy (non-hydrogen) atoms. The molecule has 1 nitrogen and oxygen atoms in total. The molecule has 1 aromatic rings. The Kier molecular flexibility index (Phi) is 2.82. The van der Waals surface area contributed by atoms with Crippen molar-refractivity contribution in [2.75, 3.05) is 6.26 Å². The fourth-order valence-electron chi connectivity index (χ4n) is 0.642. The minimum absolute atomic E-state index is 0.0252. The lowest BCUT2D eigenvalue weighted by Crippen LogP contribution is -1.85. The highest BCUT2D eigenvalue weighted by Crippen LogP contribution is 2.19. The average Bonchev–Trinajstić information content (AvgIpc) is 2.05. The summed E-state index contributed by atoms with van der Waals surface area (Å²) >= 11 is 1.43. The average molecular weight is 175 g/mol. The molecule has 0 saturated heterocycles. The van der Waals surface area contributed by atoms with Gasteiger partial charge in [0.2, 0.25) is 0 Å². The third kappa shape index (κ3) is 2.15. The maximum atomic E-state index is 12.0. The summed E-state index contributed by atoms with van der Waals surface area (Å²) < 4.78 is 23.9. The quantitative estimate of drug-likeness (QED) is 0.641. The van der Waals surface area contributed by atoms with E-state index in [9.17, 15) is 8.78 Å². The number of aromatic nitrogens is 1. The number of alkyl halides is 2. The van der Waals surface area contributed by atoms with E-state index in [0.717, 1.165) is 5.03 Å². The fraction of sp³-hybridized carbons (Fsp3) is 0.286. The maximum Gasteiger partial charge on any atom is 0.265 e. The standard InChI is InChI=1S/C7H7F2NS/c1-11-6-3-2-5(4-10-6)7(8)9/h2-4,7H,1H3. The van der Waals surface area contributed by atoms with Crippen molar-refractivity contribution in [2.45, 2.75) is 11.5 Å². The Bertz CT molecular complexity index is 222. The zero-order chi connectivity index (χ0) is 8.27. The first-order valence-electron chi connectivity index (χ1n) is 3.02. The zero-order valence-electron chi connectivity index (χ0n) is 5.92. The van der Waals surface area contributed by atoms with Crippen LogP contribution in [0.15, 0.2) is 23.4 Å². The van der Waals surface area contributed by atoms with Crippen LogP contribution in [0.5, 0.6) is 0 Å². The number of thioether (sulfide) groups is 1. The third-order valence-electron chi connectivity index (χ3n) is 1.22. The van der Waals surface area contributed by atoms with E-state index in [1.807, 2.05) is 6.26 Å². The van der Waals surface area contributed by atoms with Gasteiger partial charge in [0, 0.05) is 11.8 Å². The number of hydrogen-bond donors (Lipinski definition) is 0. The molecule has 0 spiro atoms. The molecule has 0 aliphatic carbocycles. The Morgan fingerprint density at radius 2 is 2.18 bits per heavy atom. The van der Waals surface area contributed by atoms with Gasteiger partial charge in [0.05, 0.1) is 5.03 Å². The van der Waals surface area contributed by atoms with E-state index >= 15 is 0 Å². The highest BCUT2D eigenvalue weighted by Gasteiger charge is 2.05. The number of pyridine rings is 1. The van der Waals surface area contributed by atoms with Gasteiger partial charge < -0.3 is 0 Å². The van der Waals surface area contributed by atoms with Crippen molar-refractivity contribution >= 4 is 11.8 Å². The van der Waals surface area contributed by atoms with Crippen LogP contribution in [0.3, 0.4) is 0 Å². The molecular formula is C7H7F2NS. The van der Waals surface area contributed by atoms with Crippen molar-refractivity contribution in [3.8, 4) is 0 Å². The van der Waals surface area contributed by atoms with E-state index in [0.29, 0.717) is 0 Å². The predicted octanol–water partition coefficient (Wildman–Crippen LogP) is 2.74. The van der Waals surface area contributed by atoms with Crippen molar-refractivity contribution in [2.24, 2.45) is 0 Å². The summed E-state index contributed by atoms with van der Waals surface area (Å²) in [5.74, 6) is 0. The number of hydrogen-bond acceptors (Lipinski definition) is 2. The molecule has 1 rings (SSSR count). The first-order chi connectivity index (χ1) is 5.24. The lowest BCUT2D eigenvalue weighted by molar-refractivity contribution is 0.151. The first-order valence-corrected chi connectivity index (χ1v) is 4.24. The van der Waals surface area contributed by atoms with Crippen LogP contribution < -0.4 is 0 Å². The highest BCUT2D eigenvalue weighted by molar-refractivity contribution is 7.98. The fourth-order valence-corrected chi connectivity index (χ4v) is 1.00. The molecule has 0 bridgehead atoms. The predicted molar refractivity (Wildman–Crippen MR) is 41.0 cm³/mol. The van der Waals surface area contributed by atoms with E-state index < -0.39 is 6.43 Å². The number of rotatable bonds is 2. The lowest BCUT2D eigenvalue weighted by Gasteiger charge is -1.98. The largest absolute Gasteiger partial charge is 0.265 e. The van der Waals surface area contributed by atoms with Crippen LogP contribution in [0.25, 0.3) is 0 Å². The smallest absolute Gasteiger partial charge is 0.249 e. The van der Waals surface area contributed by atoms with E-state index in [-0.39, 0.29) is 5.56 Å². The monoisotopic (exact) mass is 175 g/mol. The molecule has 0 aromatic carbocycles. The summed E-state index contributed by atoms with van der Waals surface area (Å²) in [4.78, 5) is 3.80. The molecule has 0 N–H and O–H groups in total. The SMILES string of the molecule is CSc1ccc(C(F)F)cn1. The van der Waals surface area contributed by atoms with Crippen LogP contribution in [0.2, 0.25) is 0 Å². The van der Waals surface area contributed by atoms with E-state index in [1.165, 1.54) is 24.0 Å². The van der Waals surface area contributed by atoms with E-state index in [2.05, 4.69) is 4.98 Å². The van der Waals surface area contributed by atoms with Crippen LogP contribution in [0, 0.1) is 0 Å². The minimum Gasteiger partial charge on any atom is -0.249 e. The van der Waals surface area contributed by atoms with Crippen molar-refractivity contribution < 1.29 is 8.78 Å². The molecule has 0 saturated carbocycles. The summed E-state index contributed by atoms with van der Waals surface area (Å²) in [5, 5.41) is 0.759. The molecule has 4 heteroatoms. The van der Waals surface area contributed by atoms with Gasteiger partial charge in [0.1, 0.15) is 0 Å². The molecule has 1 aromatic heterocycles. The summed E-state index contributed by atoms with van der Waals surface area (Å²) in [5.41, 5.74) is -0.0252. The van der Waals surface area contributed by atoms with Crippen LogP contribution in [-0.2, 0) is 0 Å². The summed E-state index contributed by atoms with van der Waals surface area (Å²) in [6.45, 7) is 0. The molecule has 0 unspecified atom stereocenters. The van der Waals surface area contributed by atoms with Crippen LogP contribution in [-0.4, -0.2) is 11.2 Å². The lowest BCUT2D eigenvalue weighted by atomic mass is 10.3. The van der Waals surface area contributed by atoms with Crippen molar-refractivity contribution in [3.05, 3.63) is 23.9 Å². The Labute approximate surface area is 67.8 Å². The highest BCUT2D eigenvalue weighted by atomic mass is 32.2. The van der Waals surface area contributed by atoms with Gasteiger partial charge in [0.25, 0.3) is 6.43 Å². The first kappa shape index (κ1) is 8.46. The Balaban J connectivity index is 2.83. The molecule has 0 amide bonds. The maximum absolute atomic E-state index is 12.0. The van der Waals surface area contributed by atoms with Crippen molar-refractivity contribution in [3.63, 3.8) is 0 Å². The Hall–Kier alpha value is -0.640. The van der Waals surface area contributed by atoms with Gasteiger partial charge in [0.15, 0.2) is 0 Å². The number of halogens is 2. The molecule has 60 valence electrons. The van der Waals surface area contributed by atoms with Gasteiger partial charge in [-0.1, -0.05) is 0 Å². The van der Waals surface area contributed by atoms with Gasteiger partial charge in [-0.25, -0.2) is 13.8 Å². The Morgan fingerprint density at radius 1 is 1.45 bits per heavy atom.